The van der Waals surface area contributed by atoms with E-state index in [1.807, 2.05) is 54.6 Å². The van der Waals surface area contributed by atoms with E-state index in [4.69, 9.17) is 0 Å². The SMILES string of the molecule is C=CC(=O)N1CC[C@@H](Nc2n[nH]c3nccc(-c4cccc(NC(=O)c5ccc(C(C)(C)C)cc5)c4)c23)C1. The maximum absolute atomic E-state index is 13.0. The Morgan fingerprint density at radius 3 is 2.66 bits per heavy atom. The minimum atomic E-state index is -0.159. The maximum Gasteiger partial charge on any atom is 0.255 e. The summed E-state index contributed by atoms with van der Waals surface area (Å²) >= 11 is 0. The van der Waals surface area contributed by atoms with Crippen LogP contribution in [0, 0.1) is 0 Å². The summed E-state index contributed by atoms with van der Waals surface area (Å²) in [6.07, 6.45) is 3.91. The number of nitrogens with zero attached hydrogens (tertiary/aromatic N) is 3. The molecule has 1 atom stereocenters. The third-order valence-electron chi connectivity index (χ3n) is 6.92. The van der Waals surface area contributed by atoms with E-state index in [1.54, 1.807) is 11.1 Å². The molecular weight excluding hydrogens is 476 g/mol. The van der Waals surface area contributed by atoms with Crippen LogP contribution in [0.15, 0.2) is 73.4 Å². The third-order valence-corrected chi connectivity index (χ3v) is 6.92. The molecule has 0 saturated carbocycles. The van der Waals surface area contributed by atoms with Crippen LogP contribution in [0.1, 0.15) is 43.1 Å². The number of carbonyl (C=O) groups excluding carboxylic acids is 2. The molecule has 1 fully saturated rings. The maximum atomic E-state index is 13.0. The zero-order valence-corrected chi connectivity index (χ0v) is 21.9. The molecule has 38 heavy (non-hydrogen) atoms. The molecule has 3 heterocycles. The number of H-pyrrole nitrogens is 1. The molecule has 0 aliphatic carbocycles. The number of nitrogens with one attached hydrogen (secondary N) is 3. The number of aromatic amines is 1. The fourth-order valence-electron chi connectivity index (χ4n) is 4.79. The van der Waals surface area contributed by atoms with Gasteiger partial charge in [-0.3, -0.25) is 14.7 Å². The zero-order chi connectivity index (χ0) is 26.9. The number of hydrogen-bond donors (Lipinski definition) is 3. The molecule has 1 aliphatic rings. The topological polar surface area (TPSA) is 103 Å². The predicted octanol–water partition coefficient (Wildman–Crippen LogP) is 5.37. The molecule has 2 aromatic carbocycles. The van der Waals surface area contributed by atoms with Crippen LogP contribution in [-0.2, 0) is 10.2 Å². The lowest BCUT2D eigenvalue weighted by Gasteiger charge is -2.19. The summed E-state index contributed by atoms with van der Waals surface area (Å²) in [6.45, 7) is 11.3. The second kappa shape index (κ2) is 10.1. The summed E-state index contributed by atoms with van der Waals surface area (Å²) in [5.41, 5.74) is 5.04. The van der Waals surface area contributed by atoms with Crippen molar-refractivity contribution in [2.24, 2.45) is 0 Å². The number of benzene rings is 2. The fraction of sp³-hybridized carbons (Fsp3) is 0.267. The number of likely N-dealkylation sites (tertiary alicyclic amines) is 1. The van der Waals surface area contributed by atoms with Gasteiger partial charge in [0.25, 0.3) is 5.91 Å². The van der Waals surface area contributed by atoms with E-state index in [2.05, 4.69) is 53.2 Å². The molecule has 8 heteroatoms. The highest BCUT2D eigenvalue weighted by Gasteiger charge is 2.26. The van der Waals surface area contributed by atoms with E-state index in [0.717, 1.165) is 22.9 Å². The van der Waals surface area contributed by atoms with Gasteiger partial charge < -0.3 is 15.5 Å². The number of aromatic nitrogens is 3. The molecular formula is C30H32N6O2. The molecule has 2 aromatic heterocycles. The predicted molar refractivity (Wildman–Crippen MR) is 151 cm³/mol. The Balaban J connectivity index is 1.38. The van der Waals surface area contributed by atoms with E-state index in [0.29, 0.717) is 35.8 Å². The van der Waals surface area contributed by atoms with Crippen LogP contribution in [0.3, 0.4) is 0 Å². The lowest BCUT2D eigenvalue weighted by Crippen LogP contribution is -2.30. The van der Waals surface area contributed by atoms with Gasteiger partial charge in [0.15, 0.2) is 11.5 Å². The van der Waals surface area contributed by atoms with Gasteiger partial charge in [0.1, 0.15) is 0 Å². The van der Waals surface area contributed by atoms with Crippen LogP contribution in [0.4, 0.5) is 11.5 Å². The van der Waals surface area contributed by atoms with Crippen LogP contribution >= 0.6 is 0 Å². The smallest absolute Gasteiger partial charge is 0.255 e. The second-order valence-corrected chi connectivity index (χ2v) is 10.6. The van der Waals surface area contributed by atoms with Gasteiger partial charge in [-0.2, -0.15) is 5.10 Å². The molecule has 194 valence electrons. The standard InChI is InChI=1S/C30H32N6O2/c1-5-25(37)36-16-14-23(18-36)32-28-26-24(13-15-31-27(26)34-35-28)20-7-6-8-22(17-20)33-29(38)19-9-11-21(12-10-19)30(2,3)4/h5-13,15,17,23H,1,14,16,18H2,2-4H3,(H,33,38)(H2,31,32,34,35)/t23-/m1/s1. The first-order valence-corrected chi connectivity index (χ1v) is 12.8. The van der Waals surface area contributed by atoms with E-state index < -0.39 is 0 Å². The molecule has 2 amide bonds. The number of rotatable bonds is 6. The molecule has 1 saturated heterocycles. The van der Waals surface area contributed by atoms with E-state index in [9.17, 15) is 9.59 Å². The Hall–Kier alpha value is -4.46. The van der Waals surface area contributed by atoms with Crippen molar-refractivity contribution in [2.75, 3.05) is 23.7 Å². The highest BCUT2D eigenvalue weighted by Crippen LogP contribution is 2.33. The van der Waals surface area contributed by atoms with Gasteiger partial charge in [0, 0.05) is 36.6 Å². The lowest BCUT2D eigenvalue weighted by atomic mass is 9.87. The van der Waals surface area contributed by atoms with Gasteiger partial charge in [0.05, 0.1) is 5.39 Å². The van der Waals surface area contributed by atoms with Crippen molar-refractivity contribution in [1.82, 2.24) is 20.1 Å². The van der Waals surface area contributed by atoms with Crippen LogP contribution < -0.4 is 10.6 Å². The van der Waals surface area contributed by atoms with Gasteiger partial charge >= 0.3 is 0 Å². The Morgan fingerprint density at radius 1 is 1.13 bits per heavy atom. The van der Waals surface area contributed by atoms with Gasteiger partial charge in [-0.25, -0.2) is 4.98 Å². The number of hydrogen-bond acceptors (Lipinski definition) is 5. The van der Waals surface area contributed by atoms with Crippen LogP contribution in [0.25, 0.3) is 22.2 Å². The van der Waals surface area contributed by atoms with E-state index in [-0.39, 0.29) is 23.3 Å². The average molecular weight is 509 g/mol. The Morgan fingerprint density at radius 2 is 1.92 bits per heavy atom. The first-order chi connectivity index (χ1) is 18.2. The van der Waals surface area contributed by atoms with Crippen molar-refractivity contribution in [3.8, 4) is 11.1 Å². The molecule has 4 aromatic rings. The van der Waals surface area contributed by atoms with Crippen LogP contribution in [0.2, 0.25) is 0 Å². The lowest BCUT2D eigenvalue weighted by molar-refractivity contribution is -0.125. The Kier molecular flexibility index (Phi) is 6.72. The highest BCUT2D eigenvalue weighted by molar-refractivity contribution is 6.05. The second-order valence-electron chi connectivity index (χ2n) is 10.6. The number of amides is 2. The van der Waals surface area contributed by atoms with Gasteiger partial charge in [-0.1, -0.05) is 51.6 Å². The van der Waals surface area contributed by atoms with E-state index in [1.165, 1.54) is 11.6 Å². The van der Waals surface area contributed by atoms with Crippen molar-refractivity contribution in [2.45, 2.75) is 38.6 Å². The molecule has 1 aliphatic heterocycles. The quantitative estimate of drug-likeness (QED) is 0.304. The average Bonchev–Trinajstić information content (AvgIpc) is 3.55. The van der Waals surface area contributed by atoms with Crippen LogP contribution in [-0.4, -0.2) is 51.0 Å². The first kappa shape index (κ1) is 25.2. The van der Waals surface area contributed by atoms with Crippen LogP contribution in [0.5, 0.6) is 0 Å². The summed E-state index contributed by atoms with van der Waals surface area (Å²) in [4.78, 5) is 31.2. The summed E-state index contributed by atoms with van der Waals surface area (Å²) in [6, 6.07) is 17.5. The van der Waals surface area contributed by atoms with Crippen molar-refractivity contribution < 1.29 is 9.59 Å². The summed E-state index contributed by atoms with van der Waals surface area (Å²) in [5, 5.41) is 14.9. The van der Waals surface area contributed by atoms with E-state index >= 15 is 0 Å². The molecule has 0 unspecified atom stereocenters. The Labute approximate surface area is 222 Å². The highest BCUT2D eigenvalue weighted by atomic mass is 16.2. The molecule has 3 N–H and O–H groups in total. The van der Waals surface area contributed by atoms with Crippen molar-refractivity contribution in [3.63, 3.8) is 0 Å². The minimum absolute atomic E-state index is 0.0279. The molecule has 0 spiro atoms. The largest absolute Gasteiger partial charge is 0.363 e. The third kappa shape index (κ3) is 5.16. The summed E-state index contributed by atoms with van der Waals surface area (Å²) in [7, 11) is 0. The first-order valence-electron chi connectivity index (χ1n) is 12.8. The summed E-state index contributed by atoms with van der Waals surface area (Å²) < 4.78 is 0. The number of fused-ring (bicyclic) bond motifs is 1. The molecule has 0 bridgehead atoms. The fourth-order valence-corrected chi connectivity index (χ4v) is 4.79. The van der Waals surface area contributed by atoms with Crippen molar-refractivity contribution in [3.05, 3.63) is 84.6 Å². The van der Waals surface area contributed by atoms with Gasteiger partial charge in [0.2, 0.25) is 5.91 Å². The number of anilines is 2. The zero-order valence-electron chi connectivity index (χ0n) is 21.9. The number of pyridine rings is 1. The normalized spacial score (nSPS) is 15.4. The molecule has 8 nitrogen and oxygen atoms in total. The number of carbonyl (C=O) groups is 2. The molecule has 5 rings (SSSR count). The van der Waals surface area contributed by atoms with Gasteiger partial charge in [-0.05, 0) is 64.9 Å². The molecule has 0 radical (unpaired) electrons. The Bertz CT molecular complexity index is 1500. The van der Waals surface area contributed by atoms with Crippen molar-refractivity contribution >= 4 is 34.4 Å². The van der Waals surface area contributed by atoms with Gasteiger partial charge in [-0.15, -0.1) is 0 Å². The minimum Gasteiger partial charge on any atom is -0.363 e. The summed E-state index contributed by atoms with van der Waals surface area (Å²) in [5.74, 6) is 0.468. The monoisotopic (exact) mass is 508 g/mol. The van der Waals surface area contributed by atoms with Crippen molar-refractivity contribution in [1.29, 1.82) is 0 Å².